The zero-order valence-corrected chi connectivity index (χ0v) is 15.1. The summed E-state index contributed by atoms with van der Waals surface area (Å²) in [6.07, 6.45) is 2.54. The first-order chi connectivity index (χ1) is 12.8. The molecule has 1 fully saturated rings. The molecule has 0 unspecified atom stereocenters. The predicted octanol–water partition coefficient (Wildman–Crippen LogP) is 3.85. The Labute approximate surface area is 154 Å². The predicted molar refractivity (Wildman–Crippen MR) is 104 cm³/mol. The van der Waals surface area contributed by atoms with Crippen LogP contribution in [0.2, 0.25) is 0 Å². The van der Waals surface area contributed by atoms with Gasteiger partial charge in [-0.1, -0.05) is 30.3 Å². The Hall–Kier alpha value is -2.66. The highest BCUT2D eigenvalue weighted by atomic mass is 16.5. The summed E-state index contributed by atoms with van der Waals surface area (Å²) < 4.78 is 5.45. The molecule has 0 spiro atoms. The van der Waals surface area contributed by atoms with E-state index >= 15 is 0 Å². The molecule has 1 aliphatic heterocycles. The number of hydrogen-bond acceptors (Lipinski definition) is 5. The maximum atomic E-state index is 5.45. The number of nitrogens with zero attached hydrogens (tertiary/aromatic N) is 3. The van der Waals surface area contributed by atoms with E-state index in [4.69, 9.17) is 14.7 Å². The van der Waals surface area contributed by atoms with Crippen molar-refractivity contribution in [1.29, 1.82) is 0 Å². The van der Waals surface area contributed by atoms with Crippen molar-refractivity contribution < 1.29 is 4.74 Å². The maximum absolute atomic E-state index is 5.45. The highest BCUT2D eigenvalue weighted by Gasteiger charge is 2.15. The van der Waals surface area contributed by atoms with Crippen molar-refractivity contribution in [3.05, 3.63) is 59.9 Å². The van der Waals surface area contributed by atoms with E-state index in [9.17, 15) is 0 Å². The van der Waals surface area contributed by atoms with Gasteiger partial charge in [0.1, 0.15) is 17.4 Å². The van der Waals surface area contributed by atoms with Gasteiger partial charge in [-0.2, -0.15) is 0 Å². The number of ether oxygens (including phenoxy) is 1. The molecule has 2 heterocycles. The monoisotopic (exact) mass is 348 g/mol. The lowest BCUT2D eigenvalue weighted by Gasteiger charge is -2.16. The number of anilines is 1. The summed E-state index contributed by atoms with van der Waals surface area (Å²) in [5.74, 6) is 2.65. The van der Waals surface area contributed by atoms with Crippen LogP contribution in [0.25, 0.3) is 10.9 Å². The Bertz CT molecular complexity index is 890. The van der Waals surface area contributed by atoms with Crippen molar-refractivity contribution in [2.75, 3.05) is 25.5 Å². The van der Waals surface area contributed by atoms with Crippen LogP contribution in [0.4, 0.5) is 5.82 Å². The van der Waals surface area contributed by atoms with Gasteiger partial charge in [0.2, 0.25) is 0 Å². The van der Waals surface area contributed by atoms with Crippen molar-refractivity contribution in [3.63, 3.8) is 0 Å². The number of methoxy groups -OCH3 is 1. The second-order valence-electron chi connectivity index (χ2n) is 6.65. The number of likely N-dealkylation sites (tertiary alicyclic amines) is 1. The molecule has 134 valence electrons. The average molecular weight is 348 g/mol. The van der Waals surface area contributed by atoms with Gasteiger partial charge < -0.3 is 10.1 Å². The van der Waals surface area contributed by atoms with E-state index in [1.165, 1.54) is 12.8 Å². The quantitative estimate of drug-likeness (QED) is 0.733. The number of hydrogen-bond donors (Lipinski definition) is 1. The van der Waals surface area contributed by atoms with Gasteiger partial charge in [0, 0.05) is 17.5 Å². The maximum Gasteiger partial charge on any atom is 0.145 e. The van der Waals surface area contributed by atoms with Crippen LogP contribution in [0.1, 0.15) is 24.2 Å². The number of fused-ring (bicyclic) bond motifs is 1. The molecule has 1 N–H and O–H groups in total. The van der Waals surface area contributed by atoms with Crippen molar-refractivity contribution in [1.82, 2.24) is 14.9 Å². The van der Waals surface area contributed by atoms with Gasteiger partial charge in [0.15, 0.2) is 0 Å². The van der Waals surface area contributed by atoms with E-state index in [0.29, 0.717) is 6.54 Å². The summed E-state index contributed by atoms with van der Waals surface area (Å²) in [4.78, 5) is 12.0. The smallest absolute Gasteiger partial charge is 0.145 e. The van der Waals surface area contributed by atoms with Gasteiger partial charge >= 0.3 is 0 Å². The highest BCUT2D eigenvalue weighted by molar-refractivity contribution is 5.89. The van der Waals surface area contributed by atoms with E-state index in [2.05, 4.69) is 28.4 Å². The molecule has 0 aliphatic carbocycles. The summed E-state index contributed by atoms with van der Waals surface area (Å²) in [5.41, 5.74) is 2.10. The van der Waals surface area contributed by atoms with Crippen LogP contribution < -0.4 is 10.1 Å². The molecule has 26 heavy (non-hydrogen) atoms. The van der Waals surface area contributed by atoms with Gasteiger partial charge in [-0.15, -0.1) is 0 Å². The van der Waals surface area contributed by atoms with Crippen LogP contribution in [0, 0.1) is 0 Å². The zero-order chi connectivity index (χ0) is 17.8. The normalized spacial score (nSPS) is 14.7. The minimum atomic E-state index is 0.661. The number of rotatable bonds is 6. The third-order valence-corrected chi connectivity index (χ3v) is 4.85. The van der Waals surface area contributed by atoms with Gasteiger partial charge in [0.25, 0.3) is 0 Å². The first-order valence-electron chi connectivity index (χ1n) is 9.17. The fraction of sp³-hybridized carbons (Fsp3) is 0.333. The minimum absolute atomic E-state index is 0.661. The van der Waals surface area contributed by atoms with Gasteiger partial charge in [-0.25, -0.2) is 9.97 Å². The molecule has 5 heteroatoms. The molecule has 1 saturated heterocycles. The van der Waals surface area contributed by atoms with Crippen LogP contribution in [0.3, 0.4) is 0 Å². The Kier molecular flexibility index (Phi) is 4.97. The minimum Gasteiger partial charge on any atom is -0.496 e. The molecule has 4 rings (SSSR count). The summed E-state index contributed by atoms with van der Waals surface area (Å²) >= 11 is 0. The molecule has 0 bridgehead atoms. The summed E-state index contributed by atoms with van der Waals surface area (Å²) in [6, 6.07) is 16.2. The van der Waals surface area contributed by atoms with Crippen molar-refractivity contribution in [3.8, 4) is 5.75 Å². The Morgan fingerprint density at radius 3 is 2.62 bits per heavy atom. The molecule has 3 aromatic rings. The van der Waals surface area contributed by atoms with Crippen molar-refractivity contribution >= 4 is 16.7 Å². The number of aromatic nitrogens is 2. The zero-order valence-electron chi connectivity index (χ0n) is 15.1. The molecule has 0 atom stereocenters. The van der Waals surface area contributed by atoms with Crippen molar-refractivity contribution in [2.45, 2.75) is 25.9 Å². The molecule has 0 amide bonds. The lowest BCUT2D eigenvalue weighted by molar-refractivity contribution is 0.323. The molecule has 2 aromatic carbocycles. The third kappa shape index (κ3) is 3.63. The summed E-state index contributed by atoms with van der Waals surface area (Å²) in [6.45, 7) is 3.75. The van der Waals surface area contributed by atoms with Crippen LogP contribution in [0.5, 0.6) is 5.75 Å². The topological polar surface area (TPSA) is 50.3 Å². The third-order valence-electron chi connectivity index (χ3n) is 4.85. The lowest BCUT2D eigenvalue weighted by atomic mass is 10.2. The van der Waals surface area contributed by atoms with E-state index in [0.717, 1.165) is 53.5 Å². The van der Waals surface area contributed by atoms with Crippen molar-refractivity contribution in [2.24, 2.45) is 0 Å². The molecule has 5 nitrogen and oxygen atoms in total. The van der Waals surface area contributed by atoms with E-state index in [1.807, 2.05) is 30.3 Å². The number of nitrogens with one attached hydrogen (secondary N) is 1. The first kappa shape index (κ1) is 16.8. The fourth-order valence-corrected chi connectivity index (χ4v) is 3.50. The molecule has 0 saturated carbocycles. The SMILES string of the molecule is COc1ccccc1CNc1nc(CN2CCCC2)nc2ccccc12. The van der Waals surface area contributed by atoms with E-state index in [1.54, 1.807) is 7.11 Å². The number of para-hydroxylation sites is 2. The Morgan fingerprint density at radius 2 is 1.77 bits per heavy atom. The largest absolute Gasteiger partial charge is 0.496 e. The standard InChI is InChI=1S/C21H24N4O/c1-26-19-11-5-2-8-16(19)14-22-21-17-9-3-4-10-18(17)23-20(24-21)15-25-12-6-7-13-25/h2-5,8-11H,6-7,12-15H2,1H3,(H,22,23,24). The average Bonchev–Trinajstić information content (AvgIpc) is 3.19. The van der Waals surface area contributed by atoms with E-state index < -0.39 is 0 Å². The van der Waals surface area contributed by atoms with Crippen LogP contribution in [-0.2, 0) is 13.1 Å². The highest BCUT2D eigenvalue weighted by Crippen LogP contribution is 2.24. The first-order valence-corrected chi connectivity index (χ1v) is 9.17. The lowest BCUT2D eigenvalue weighted by Crippen LogP contribution is -2.20. The van der Waals surface area contributed by atoms with Gasteiger partial charge in [0.05, 0.1) is 19.2 Å². The molecular weight excluding hydrogens is 324 g/mol. The molecular formula is C21H24N4O. The van der Waals surface area contributed by atoms with Crippen LogP contribution >= 0.6 is 0 Å². The fourth-order valence-electron chi connectivity index (χ4n) is 3.50. The van der Waals surface area contributed by atoms with E-state index in [-0.39, 0.29) is 0 Å². The van der Waals surface area contributed by atoms with Gasteiger partial charge in [-0.05, 0) is 44.1 Å². The summed E-state index contributed by atoms with van der Waals surface area (Å²) in [7, 11) is 1.70. The molecule has 1 aliphatic rings. The number of benzene rings is 2. The summed E-state index contributed by atoms with van der Waals surface area (Å²) in [5, 5.41) is 4.54. The second kappa shape index (κ2) is 7.70. The Balaban J connectivity index is 1.61. The molecule has 0 radical (unpaired) electrons. The van der Waals surface area contributed by atoms with Crippen LogP contribution in [0.15, 0.2) is 48.5 Å². The van der Waals surface area contributed by atoms with Gasteiger partial charge in [-0.3, -0.25) is 4.90 Å². The van der Waals surface area contributed by atoms with Crippen LogP contribution in [-0.4, -0.2) is 35.1 Å². The second-order valence-corrected chi connectivity index (χ2v) is 6.65. The Morgan fingerprint density at radius 1 is 1.00 bits per heavy atom. The molecule has 1 aromatic heterocycles.